The van der Waals surface area contributed by atoms with Gasteiger partial charge in [0.05, 0.1) is 4.90 Å². The van der Waals surface area contributed by atoms with E-state index in [0.717, 1.165) is 5.56 Å². The lowest BCUT2D eigenvalue weighted by Crippen LogP contribution is -2.40. The molecule has 0 spiro atoms. The van der Waals surface area contributed by atoms with E-state index in [4.69, 9.17) is 0 Å². The minimum absolute atomic E-state index is 0.00950. The maximum atomic E-state index is 12.3. The summed E-state index contributed by atoms with van der Waals surface area (Å²) in [4.78, 5) is 24.9. The van der Waals surface area contributed by atoms with Gasteiger partial charge in [0.15, 0.2) is 0 Å². The third kappa shape index (κ3) is 4.96. The van der Waals surface area contributed by atoms with Crippen LogP contribution < -0.4 is 10.0 Å². The highest BCUT2D eigenvalue weighted by Gasteiger charge is 2.23. The smallest absolute Gasteiger partial charge is 0.282 e. The fourth-order valence-electron chi connectivity index (χ4n) is 2.26. The molecule has 0 atom stereocenters. The second-order valence-electron chi connectivity index (χ2n) is 5.55. The van der Waals surface area contributed by atoms with Gasteiger partial charge in [-0.2, -0.15) is 0 Å². The summed E-state index contributed by atoms with van der Waals surface area (Å²) in [5.41, 5.74) is 1.53. The van der Waals surface area contributed by atoms with Crippen molar-refractivity contribution in [3.63, 3.8) is 0 Å². The lowest BCUT2D eigenvalue weighted by molar-refractivity contribution is -0.121. The number of hydrogen-bond donors (Lipinski definition) is 2. The molecule has 0 bridgehead atoms. The van der Waals surface area contributed by atoms with Crippen molar-refractivity contribution in [3.8, 4) is 0 Å². The maximum absolute atomic E-state index is 12.3. The quantitative estimate of drug-likeness (QED) is 0.694. The standard InChI is InChI=1S/C15H21N3O4S2/c1-11-3-4-12(2)13(9-11)24(21,22)17-6-5-16-14(19)10-18-7-8-23-15(18)20/h3-4,9,17H,5-8,10H2,1-2H3,(H,16,19). The average Bonchev–Trinajstić information content (AvgIpc) is 2.91. The molecule has 0 aliphatic carbocycles. The third-order valence-corrected chi connectivity index (χ3v) is 6.05. The topological polar surface area (TPSA) is 95.6 Å². The van der Waals surface area contributed by atoms with Crippen LogP contribution in [0.25, 0.3) is 0 Å². The summed E-state index contributed by atoms with van der Waals surface area (Å²) in [6.07, 6.45) is 0. The van der Waals surface area contributed by atoms with Gasteiger partial charge < -0.3 is 10.2 Å². The van der Waals surface area contributed by atoms with E-state index in [1.165, 1.54) is 16.7 Å². The molecule has 1 heterocycles. The van der Waals surface area contributed by atoms with Gasteiger partial charge in [0.25, 0.3) is 5.24 Å². The summed E-state index contributed by atoms with van der Waals surface area (Å²) in [6.45, 7) is 4.39. The van der Waals surface area contributed by atoms with Gasteiger partial charge in [-0.15, -0.1) is 0 Å². The number of thioether (sulfide) groups is 1. The van der Waals surface area contributed by atoms with Crippen LogP contribution in [0.1, 0.15) is 11.1 Å². The first kappa shape index (κ1) is 18.8. The number of amides is 2. The van der Waals surface area contributed by atoms with Gasteiger partial charge in [-0.25, -0.2) is 13.1 Å². The highest BCUT2D eigenvalue weighted by atomic mass is 32.2. The zero-order valence-electron chi connectivity index (χ0n) is 13.7. The van der Waals surface area contributed by atoms with E-state index in [0.29, 0.717) is 17.9 Å². The second kappa shape index (κ2) is 8.00. The molecule has 132 valence electrons. The average molecular weight is 371 g/mol. The van der Waals surface area contributed by atoms with Crippen LogP contribution in [0.2, 0.25) is 0 Å². The summed E-state index contributed by atoms with van der Waals surface area (Å²) >= 11 is 1.19. The summed E-state index contributed by atoms with van der Waals surface area (Å²) < 4.78 is 27.1. The normalized spacial score (nSPS) is 14.9. The van der Waals surface area contributed by atoms with Crippen LogP contribution in [0.3, 0.4) is 0 Å². The molecule has 2 rings (SSSR count). The monoisotopic (exact) mass is 371 g/mol. The molecule has 2 N–H and O–H groups in total. The Bertz CT molecular complexity index is 734. The van der Waals surface area contributed by atoms with E-state index in [9.17, 15) is 18.0 Å². The van der Waals surface area contributed by atoms with Gasteiger partial charge in [0, 0.05) is 25.4 Å². The predicted octanol–water partition coefficient (Wildman–Crippen LogP) is 0.867. The van der Waals surface area contributed by atoms with Crippen molar-refractivity contribution in [1.82, 2.24) is 14.9 Å². The number of sulfonamides is 1. The molecule has 7 nitrogen and oxygen atoms in total. The lowest BCUT2D eigenvalue weighted by atomic mass is 10.2. The summed E-state index contributed by atoms with van der Waals surface area (Å²) in [6, 6.07) is 5.23. The van der Waals surface area contributed by atoms with E-state index < -0.39 is 10.0 Å². The Kier molecular flexibility index (Phi) is 6.25. The lowest BCUT2D eigenvalue weighted by Gasteiger charge is -2.14. The van der Waals surface area contributed by atoms with E-state index in [-0.39, 0.29) is 35.7 Å². The van der Waals surface area contributed by atoms with Gasteiger partial charge in [-0.1, -0.05) is 23.9 Å². The molecular formula is C15H21N3O4S2. The Morgan fingerprint density at radius 3 is 2.71 bits per heavy atom. The zero-order chi connectivity index (χ0) is 17.7. The molecular weight excluding hydrogens is 350 g/mol. The van der Waals surface area contributed by atoms with Gasteiger partial charge in [-0.05, 0) is 31.0 Å². The highest BCUT2D eigenvalue weighted by molar-refractivity contribution is 8.13. The molecule has 0 radical (unpaired) electrons. The number of nitrogens with one attached hydrogen (secondary N) is 2. The molecule has 0 saturated carbocycles. The van der Waals surface area contributed by atoms with Crippen LogP contribution in [-0.2, 0) is 14.8 Å². The van der Waals surface area contributed by atoms with E-state index in [1.54, 1.807) is 19.1 Å². The van der Waals surface area contributed by atoms with E-state index >= 15 is 0 Å². The Labute approximate surface area is 146 Å². The van der Waals surface area contributed by atoms with Crippen LogP contribution in [0.15, 0.2) is 23.1 Å². The molecule has 1 aliphatic rings. The molecule has 1 aliphatic heterocycles. The van der Waals surface area contributed by atoms with Crippen molar-refractivity contribution < 1.29 is 18.0 Å². The molecule has 1 aromatic rings. The number of carbonyl (C=O) groups excluding carboxylic acids is 2. The molecule has 1 aromatic carbocycles. The molecule has 1 saturated heterocycles. The number of benzene rings is 1. The fraction of sp³-hybridized carbons (Fsp3) is 0.467. The van der Waals surface area contributed by atoms with Gasteiger partial charge >= 0.3 is 0 Å². The van der Waals surface area contributed by atoms with E-state index in [2.05, 4.69) is 10.0 Å². The summed E-state index contributed by atoms with van der Waals surface area (Å²) in [7, 11) is -3.61. The maximum Gasteiger partial charge on any atom is 0.282 e. The van der Waals surface area contributed by atoms with Crippen LogP contribution in [0.4, 0.5) is 4.79 Å². The Morgan fingerprint density at radius 2 is 2.04 bits per heavy atom. The third-order valence-electron chi connectivity index (χ3n) is 3.55. The first-order chi connectivity index (χ1) is 11.3. The van der Waals surface area contributed by atoms with Gasteiger partial charge in [-0.3, -0.25) is 9.59 Å². The predicted molar refractivity (Wildman–Crippen MR) is 93.5 cm³/mol. The Hall–Kier alpha value is -1.58. The van der Waals surface area contributed by atoms with Crippen molar-refractivity contribution >= 4 is 32.9 Å². The van der Waals surface area contributed by atoms with E-state index in [1.807, 2.05) is 13.0 Å². The molecule has 0 aromatic heterocycles. The molecule has 0 unspecified atom stereocenters. The van der Waals surface area contributed by atoms with Crippen LogP contribution in [0.5, 0.6) is 0 Å². The Balaban J connectivity index is 1.79. The SMILES string of the molecule is Cc1ccc(C)c(S(=O)(=O)NCCNC(=O)CN2CCSC2=O)c1. The molecule has 24 heavy (non-hydrogen) atoms. The van der Waals surface area contributed by atoms with Crippen molar-refractivity contribution in [2.45, 2.75) is 18.7 Å². The van der Waals surface area contributed by atoms with Crippen molar-refractivity contribution in [3.05, 3.63) is 29.3 Å². The number of carbonyl (C=O) groups is 2. The minimum atomic E-state index is -3.61. The van der Waals surface area contributed by atoms with Crippen LogP contribution in [-0.4, -0.2) is 56.4 Å². The molecule has 9 heteroatoms. The van der Waals surface area contributed by atoms with Crippen LogP contribution >= 0.6 is 11.8 Å². The van der Waals surface area contributed by atoms with Gasteiger partial charge in [0.1, 0.15) is 6.54 Å². The highest BCUT2D eigenvalue weighted by Crippen LogP contribution is 2.17. The summed E-state index contributed by atoms with van der Waals surface area (Å²) in [5, 5.41) is 2.51. The molecule has 1 fully saturated rings. The van der Waals surface area contributed by atoms with Crippen molar-refractivity contribution in [1.29, 1.82) is 0 Å². The first-order valence-corrected chi connectivity index (χ1v) is 10.0. The summed E-state index contributed by atoms with van der Waals surface area (Å²) in [5.74, 6) is 0.402. The number of aryl methyl sites for hydroxylation is 2. The fourth-order valence-corrected chi connectivity index (χ4v) is 4.44. The zero-order valence-corrected chi connectivity index (χ0v) is 15.3. The van der Waals surface area contributed by atoms with Gasteiger partial charge in [0.2, 0.25) is 15.9 Å². The number of nitrogens with zero attached hydrogens (tertiary/aromatic N) is 1. The van der Waals surface area contributed by atoms with Crippen molar-refractivity contribution in [2.75, 3.05) is 31.9 Å². The second-order valence-corrected chi connectivity index (χ2v) is 8.33. The first-order valence-electron chi connectivity index (χ1n) is 7.55. The Morgan fingerprint density at radius 1 is 1.29 bits per heavy atom. The minimum Gasteiger partial charge on any atom is -0.353 e. The number of hydrogen-bond acceptors (Lipinski definition) is 5. The van der Waals surface area contributed by atoms with Crippen LogP contribution in [0, 0.1) is 13.8 Å². The largest absolute Gasteiger partial charge is 0.353 e. The van der Waals surface area contributed by atoms with Crippen molar-refractivity contribution in [2.24, 2.45) is 0 Å². The molecule has 2 amide bonds. The number of rotatable bonds is 7.